The van der Waals surface area contributed by atoms with Gasteiger partial charge in [-0.3, -0.25) is 9.59 Å². The van der Waals surface area contributed by atoms with E-state index in [-0.39, 0.29) is 24.1 Å². The number of H-pyrrole nitrogens is 1. The number of carbonyl (C=O) groups is 1. The third-order valence-electron chi connectivity index (χ3n) is 5.18. The van der Waals surface area contributed by atoms with Crippen molar-refractivity contribution in [3.05, 3.63) is 76.2 Å². The zero-order valence-corrected chi connectivity index (χ0v) is 16.6. The molecule has 148 valence electrons. The van der Waals surface area contributed by atoms with Gasteiger partial charge in [0.15, 0.2) is 0 Å². The number of hydrogen-bond acceptors (Lipinski definition) is 3. The summed E-state index contributed by atoms with van der Waals surface area (Å²) in [5.74, 6) is -0.216. The Kier molecular flexibility index (Phi) is 5.16. The summed E-state index contributed by atoms with van der Waals surface area (Å²) in [7, 11) is 0. The minimum absolute atomic E-state index is 0.0122. The molecule has 2 aromatic carbocycles. The summed E-state index contributed by atoms with van der Waals surface area (Å²) in [6, 6.07) is 16.2. The molecule has 0 spiro atoms. The van der Waals surface area contributed by atoms with Crippen molar-refractivity contribution < 1.29 is 4.79 Å². The molecule has 6 nitrogen and oxygen atoms in total. The molecule has 2 aromatic heterocycles. The zero-order valence-electron chi connectivity index (χ0n) is 16.6. The molecular weight excluding hydrogens is 364 g/mol. The number of nitrogens with one attached hydrogen (secondary N) is 2. The van der Waals surface area contributed by atoms with Gasteiger partial charge in [0.1, 0.15) is 12.1 Å². The number of benzene rings is 2. The van der Waals surface area contributed by atoms with E-state index in [9.17, 15) is 9.59 Å². The Balaban J connectivity index is 1.46. The number of aryl methyl sites for hydroxylation is 2. The second-order valence-electron chi connectivity index (χ2n) is 7.56. The van der Waals surface area contributed by atoms with Gasteiger partial charge in [0, 0.05) is 22.3 Å². The van der Waals surface area contributed by atoms with Gasteiger partial charge in [-0.05, 0) is 44.4 Å². The molecule has 0 saturated carbocycles. The lowest BCUT2D eigenvalue weighted by molar-refractivity contribution is -0.122. The first-order valence-electron chi connectivity index (χ1n) is 9.83. The van der Waals surface area contributed by atoms with Gasteiger partial charge in [0.05, 0.1) is 6.20 Å². The van der Waals surface area contributed by atoms with Gasteiger partial charge in [-0.15, -0.1) is 0 Å². The van der Waals surface area contributed by atoms with Crippen LogP contribution in [0, 0.1) is 6.92 Å². The Morgan fingerprint density at radius 1 is 1.17 bits per heavy atom. The second-order valence-corrected chi connectivity index (χ2v) is 7.56. The molecule has 0 fully saturated rings. The SMILES string of the molecule is Cc1ccc2[nH]c3c(=O)n(CC(=O)N[C@H](C)CCc4ccccc4)ncc3c2c1. The maximum atomic E-state index is 12.8. The van der Waals surface area contributed by atoms with E-state index < -0.39 is 0 Å². The normalized spacial score (nSPS) is 12.3. The van der Waals surface area contributed by atoms with Crippen molar-refractivity contribution in [2.75, 3.05) is 0 Å². The van der Waals surface area contributed by atoms with Gasteiger partial charge in [-0.25, -0.2) is 4.68 Å². The molecule has 0 saturated heterocycles. The standard InChI is InChI=1S/C23H24N4O2/c1-15-8-11-20-18(12-15)19-13-24-27(23(29)22(19)26-20)14-21(28)25-16(2)9-10-17-6-4-3-5-7-17/h3-8,11-13,16,26H,9-10,14H2,1-2H3,(H,25,28)/t16-/m1/s1. The van der Waals surface area contributed by atoms with Crippen LogP contribution in [0.3, 0.4) is 0 Å². The van der Waals surface area contributed by atoms with Crippen molar-refractivity contribution in [1.82, 2.24) is 20.1 Å². The summed E-state index contributed by atoms with van der Waals surface area (Å²) in [5.41, 5.74) is 3.44. The predicted molar refractivity (Wildman–Crippen MR) is 115 cm³/mol. The molecule has 0 unspecified atom stereocenters. The van der Waals surface area contributed by atoms with Crippen LogP contribution in [0.25, 0.3) is 21.8 Å². The lowest BCUT2D eigenvalue weighted by atomic mass is 10.1. The largest absolute Gasteiger partial charge is 0.352 e. The van der Waals surface area contributed by atoms with Crippen molar-refractivity contribution >= 4 is 27.7 Å². The summed E-state index contributed by atoms with van der Waals surface area (Å²) >= 11 is 0. The molecule has 0 aliphatic heterocycles. The quantitative estimate of drug-likeness (QED) is 0.532. The molecule has 29 heavy (non-hydrogen) atoms. The average Bonchev–Trinajstić information content (AvgIpc) is 3.08. The predicted octanol–water partition coefficient (Wildman–Crippen LogP) is 3.32. The molecule has 1 amide bonds. The second kappa shape index (κ2) is 7.91. The monoisotopic (exact) mass is 388 g/mol. The van der Waals surface area contributed by atoms with Crippen LogP contribution in [0.4, 0.5) is 0 Å². The molecule has 2 N–H and O–H groups in total. The molecule has 0 aliphatic rings. The van der Waals surface area contributed by atoms with Crippen LogP contribution in [0.15, 0.2) is 59.5 Å². The summed E-state index contributed by atoms with van der Waals surface area (Å²) in [4.78, 5) is 28.4. The van der Waals surface area contributed by atoms with E-state index in [1.54, 1.807) is 6.20 Å². The number of amides is 1. The minimum Gasteiger partial charge on any atom is -0.352 e. The maximum absolute atomic E-state index is 12.8. The van der Waals surface area contributed by atoms with E-state index in [0.29, 0.717) is 5.52 Å². The number of nitrogens with zero attached hydrogens (tertiary/aromatic N) is 2. The van der Waals surface area contributed by atoms with E-state index in [4.69, 9.17) is 0 Å². The summed E-state index contributed by atoms with van der Waals surface area (Å²) < 4.78 is 1.21. The Morgan fingerprint density at radius 2 is 1.97 bits per heavy atom. The van der Waals surface area contributed by atoms with Crippen LogP contribution in [-0.2, 0) is 17.8 Å². The average molecular weight is 388 g/mol. The Bertz CT molecular complexity index is 1220. The lowest BCUT2D eigenvalue weighted by Crippen LogP contribution is -2.38. The summed E-state index contributed by atoms with van der Waals surface area (Å²) in [6.07, 6.45) is 3.38. The van der Waals surface area contributed by atoms with Crippen molar-refractivity contribution in [3.8, 4) is 0 Å². The van der Waals surface area contributed by atoms with E-state index in [1.165, 1.54) is 10.2 Å². The highest BCUT2D eigenvalue weighted by Crippen LogP contribution is 2.23. The molecule has 0 aliphatic carbocycles. The molecule has 1 atom stereocenters. The topological polar surface area (TPSA) is 79.8 Å². The fraction of sp³-hybridized carbons (Fsp3) is 0.261. The summed E-state index contributed by atoms with van der Waals surface area (Å²) in [5, 5.41) is 8.93. The lowest BCUT2D eigenvalue weighted by Gasteiger charge is -2.14. The van der Waals surface area contributed by atoms with Crippen LogP contribution in [0.1, 0.15) is 24.5 Å². The number of aromatic amines is 1. The number of rotatable bonds is 6. The molecule has 0 bridgehead atoms. The number of carbonyl (C=O) groups excluding carboxylic acids is 1. The maximum Gasteiger partial charge on any atom is 0.291 e. The smallest absolute Gasteiger partial charge is 0.291 e. The van der Waals surface area contributed by atoms with Gasteiger partial charge < -0.3 is 10.3 Å². The van der Waals surface area contributed by atoms with E-state index >= 15 is 0 Å². The highest BCUT2D eigenvalue weighted by molar-refractivity contribution is 6.06. The Labute approximate surface area is 168 Å². The van der Waals surface area contributed by atoms with Crippen LogP contribution in [-0.4, -0.2) is 26.7 Å². The van der Waals surface area contributed by atoms with Crippen molar-refractivity contribution in [1.29, 1.82) is 0 Å². The van der Waals surface area contributed by atoms with Crippen LogP contribution < -0.4 is 10.9 Å². The van der Waals surface area contributed by atoms with Gasteiger partial charge in [-0.2, -0.15) is 5.10 Å². The van der Waals surface area contributed by atoms with Crippen LogP contribution in [0.5, 0.6) is 0 Å². The highest BCUT2D eigenvalue weighted by Gasteiger charge is 2.14. The van der Waals surface area contributed by atoms with Gasteiger partial charge in [0.2, 0.25) is 5.91 Å². The fourth-order valence-electron chi connectivity index (χ4n) is 3.61. The van der Waals surface area contributed by atoms with Gasteiger partial charge >= 0.3 is 0 Å². The van der Waals surface area contributed by atoms with Crippen LogP contribution in [0.2, 0.25) is 0 Å². The van der Waals surface area contributed by atoms with Gasteiger partial charge in [0.25, 0.3) is 5.56 Å². The first-order valence-corrected chi connectivity index (χ1v) is 9.83. The van der Waals surface area contributed by atoms with Gasteiger partial charge in [-0.1, -0.05) is 42.0 Å². The number of hydrogen-bond donors (Lipinski definition) is 2. The summed E-state index contributed by atoms with van der Waals surface area (Å²) in [6.45, 7) is 3.88. The molecule has 2 heterocycles. The van der Waals surface area contributed by atoms with E-state index in [1.807, 2.05) is 50.2 Å². The molecule has 0 radical (unpaired) electrons. The molecule has 6 heteroatoms. The van der Waals surface area contributed by atoms with E-state index in [2.05, 4.69) is 27.5 Å². The molecular formula is C23H24N4O2. The Hall–Kier alpha value is -3.41. The van der Waals surface area contributed by atoms with E-state index in [0.717, 1.165) is 34.7 Å². The highest BCUT2D eigenvalue weighted by atomic mass is 16.2. The molecule has 4 rings (SSSR count). The first kappa shape index (κ1) is 18.9. The van der Waals surface area contributed by atoms with Crippen LogP contribution >= 0.6 is 0 Å². The third kappa shape index (κ3) is 4.06. The minimum atomic E-state index is -0.288. The number of fused-ring (bicyclic) bond motifs is 3. The number of aromatic nitrogens is 3. The molecule has 4 aromatic rings. The van der Waals surface area contributed by atoms with Crippen molar-refractivity contribution in [2.24, 2.45) is 0 Å². The fourth-order valence-corrected chi connectivity index (χ4v) is 3.61. The zero-order chi connectivity index (χ0) is 20.4. The first-order chi connectivity index (χ1) is 14.0. The third-order valence-corrected chi connectivity index (χ3v) is 5.18. The van der Waals surface area contributed by atoms with Crippen molar-refractivity contribution in [3.63, 3.8) is 0 Å². The van der Waals surface area contributed by atoms with Crippen molar-refractivity contribution in [2.45, 2.75) is 39.3 Å². The Morgan fingerprint density at radius 3 is 2.76 bits per heavy atom.